The molecule has 0 amide bonds. The molecule has 1 aromatic carbocycles. The summed E-state index contributed by atoms with van der Waals surface area (Å²) in [6.07, 6.45) is -4.01. The molecular weight excluding hydrogens is 341 g/mol. The largest absolute Gasteiger partial charge is 0.416 e. The zero-order valence-corrected chi connectivity index (χ0v) is 13.1. The molecule has 5 nitrogen and oxygen atoms in total. The zero-order chi connectivity index (χ0) is 17.3. The number of nitrogens with zero attached hydrogens (tertiary/aromatic N) is 2. The van der Waals surface area contributed by atoms with Gasteiger partial charge in [-0.3, -0.25) is 4.21 Å². The summed E-state index contributed by atoms with van der Waals surface area (Å²) >= 11 is 0. The molecule has 9 heteroatoms. The smallest absolute Gasteiger partial charge is 0.384 e. The van der Waals surface area contributed by atoms with Crippen molar-refractivity contribution in [2.24, 2.45) is 0 Å². The van der Waals surface area contributed by atoms with Gasteiger partial charge in [-0.05, 0) is 30.3 Å². The van der Waals surface area contributed by atoms with Crippen LogP contribution in [0.1, 0.15) is 11.3 Å². The Morgan fingerprint density at radius 1 is 1.17 bits per heavy atom. The molecule has 0 saturated heterocycles. The van der Waals surface area contributed by atoms with E-state index in [0.29, 0.717) is 23.4 Å². The van der Waals surface area contributed by atoms with Gasteiger partial charge >= 0.3 is 6.18 Å². The average molecular weight is 354 g/mol. The molecule has 3 rings (SSSR count). The number of rotatable bonds is 4. The Labute approximate surface area is 137 Å². The quantitative estimate of drug-likeness (QED) is 0.754. The van der Waals surface area contributed by atoms with Crippen LogP contribution >= 0.6 is 0 Å². The molecule has 2 heterocycles. The van der Waals surface area contributed by atoms with Crippen molar-refractivity contribution in [3.05, 3.63) is 47.7 Å². The molecule has 3 N–H and O–H groups in total. The number of nitrogen functional groups attached to an aromatic ring is 1. The van der Waals surface area contributed by atoms with Crippen LogP contribution in [0.3, 0.4) is 0 Å². The van der Waals surface area contributed by atoms with Gasteiger partial charge in [-0.25, -0.2) is 9.97 Å². The number of halogens is 3. The molecule has 0 aliphatic carbocycles. The molecule has 0 saturated carbocycles. The number of imidazole rings is 1. The second-order valence-corrected chi connectivity index (χ2v) is 6.61. The lowest BCUT2D eigenvalue weighted by Gasteiger charge is -2.05. The van der Waals surface area contributed by atoms with Gasteiger partial charge in [0.1, 0.15) is 5.82 Å². The van der Waals surface area contributed by atoms with Crippen LogP contribution in [0.25, 0.3) is 11.0 Å². The van der Waals surface area contributed by atoms with Crippen LogP contribution in [-0.4, -0.2) is 24.9 Å². The number of nitrogens with one attached hydrogen (secondary N) is 1. The minimum absolute atomic E-state index is 0.147. The third kappa shape index (κ3) is 3.56. The summed E-state index contributed by atoms with van der Waals surface area (Å²) in [7, 11) is -1.48. The van der Waals surface area contributed by atoms with Crippen LogP contribution < -0.4 is 5.73 Å². The van der Waals surface area contributed by atoms with E-state index in [-0.39, 0.29) is 16.4 Å². The second-order valence-electron chi connectivity index (χ2n) is 5.13. The van der Waals surface area contributed by atoms with Gasteiger partial charge in [-0.1, -0.05) is 6.07 Å². The first-order valence-electron chi connectivity index (χ1n) is 7.00. The first-order valence-corrected chi connectivity index (χ1v) is 8.31. The Bertz CT molecular complexity index is 907. The molecule has 1 unspecified atom stereocenters. The van der Waals surface area contributed by atoms with Gasteiger partial charge in [0.25, 0.3) is 0 Å². The van der Waals surface area contributed by atoms with Crippen LogP contribution in [0, 0.1) is 0 Å². The van der Waals surface area contributed by atoms with E-state index >= 15 is 0 Å². The van der Waals surface area contributed by atoms with Gasteiger partial charge in [0, 0.05) is 17.9 Å². The van der Waals surface area contributed by atoms with Crippen molar-refractivity contribution >= 4 is 27.7 Å². The highest BCUT2D eigenvalue weighted by atomic mass is 32.2. The van der Waals surface area contributed by atoms with E-state index in [9.17, 15) is 17.4 Å². The Balaban J connectivity index is 1.77. The average Bonchev–Trinajstić information content (AvgIpc) is 2.95. The number of nitrogens with two attached hydrogens (primary N) is 1. The standard InChI is InChI=1S/C15H13F3N4OS/c16-15(17,18)9-4-5-11-12(8-9)22-14(21-11)24(23)7-6-10-2-1-3-13(19)20-10/h1-5,8H,6-7H2,(H2,19,20)(H,21,22). The van der Waals surface area contributed by atoms with Gasteiger partial charge in [-0.2, -0.15) is 13.2 Å². The molecule has 1 atom stereocenters. The van der Waals surface area contributed by atoms with Gasteiger partial charge in [0.15, 0.2) is 5.16 Å². The third-order valence-electron chi connectivity index (χ3n) is 3.38. The van der Waals surface area contributed by atoms with Gasteiger partial charge in [-0.15, -0.1) is 0 Å². The number of anilines is 1. The van der Waals surface area contributed by atoms with Crippen molar-refractivity contribution in [3.8, 4) is 0 Å². The van der Waals surface area contributed by atoms with Crippen molar-refractivity contribution in [1.29, 1.82) is 0 Å². The lowest BCUT2D eigenvalue weighted by atomic mass is 10.2. The Morgan fingerprint density at radius 3 is 2.67 bits per heavy atom. The highest BCUT2D eigenvalue weighted by molar-refractivity contribution is 7.84. The molecule has 0 fully saturated rings. The summed E-state index contributed by atoms with van der Waals surface area (Å²) in [5.41, 5.74) is 6.04. The number of alkyl halides is 3. The maximum atomic E-state index is 12.7. The normalized spacial score (nSPS) is 13.3. The highest BCUT2D eigenvalue weighted by Gasteiger charge is 2.30. The van der Waals surface area contributed by atoms with Crippen LogP contribution in [0.5, 0.6) is 0 Å². The van der Waals surface area contributed by atoms with E-state index in [4.69, 9.17) is 5.73 Å². The lowest BCUT2D eigenvalue weighted by Crippen LogP contribution is -2.05. The van der Waals surface area contributed by atoms with Crippen LogP contribution in [0.2, 0.25) is 0 Å². The van der Waals surface area contributed by atoms with Crippen LogP contribution in [0.4, 0.5) is 19.0 Å². The fourth-order valence-electron chi connectivity index (χ4n) is 2.20. The summed E-state index contributed by atoms with van der Waals surface area (Å²) in [6, 6.07) is 8.34. The van der Waals surface area contributed by atoms with Crippen LogP contribution in [0.15, 0.2) is 41.6 Å². The first kappa shape index (κ1) is 16.4. The summed E-state index contributed by atoms with van der Waals surface area (Å²) in [4.78, 5) is 10.9. The van der Waals surface area contributed by atoms with Crippen molar-refractivity contribution in [1.82, 2.24) is 15.0 Å². The third-order valence-corrected chi connectivity index (χ3v) is 4.57. The Morgan fingerprint density at radius 2 is 1.96 bits per heavy atom. The van der Waals surface area contributed by atoms with Crippen molar-refractivity contribution in [2.75, 3.05) is 11.5 Å². The molecule has 24 heavy (non-hydrogen) atoms. The molecule has 0 bridgehead atoms. The van der Waals surface area contributed by atoms with E-state index in [1.165, 1.54) is 6.07 Å². The monoisotopic (exact) mass is 354 g/mol. The number of hydrogen-bond acceptors (Lipinski definition) is 4. The number of H-pyrrole nitrogens is 1. The topological polar surface area (TPSA) is 84.7 Å². The first-order chi connectivity index (χ1) is 11.3. The van der Waals surface area contributed by atoms with E-state index < -0.39 is 22.5 Å². The minimum Gasteiger partial charge on any atom is -0.384 e. The Hall–Kier alpha value is -2.42. The molecule has 0 radical (unpaired) electrons. The molecule has 3 aromatic rings. The number of benzene rings is 1. The van der Waals surface area contributed by atoms with Crippen molar-refractivity contribution in [2.45, 2.75) is 17.8 Å². The predicted molar refractivity (Wildman–Crippen MR) is 84.7 cm³/mol. The maximum Gasteiger partial charge on any atom is 0.416 e. The molecular formula is C15H13F3N4OS. The fraction of sp³-hybridized carbons (Fsp3) is 0.200. The number of hydrogen-bond donors (Lipinski definition) is 2. The van der Waals surface area contributed by atoms with E-state index in [0.717, 1.165) is 12.1 Å². The summed E-state index contributed by atoms with van der Waals surface area (Å²) in [5.74, 6) is 0.615. The number of aromatic amines is 1. The molecule has 0 aliphatic heterocycles. The second kappa shape index (κ2) is 6.23. The molecule has 2 aromatic heterocycles. The fourth-order valence-corrected chi connectivity index (χ4v) is 3.21. The van der Waals surface area contributed by atoms with Gasteiger partial charge in [0.05, 0.1) is 27.4 Å². The van der Waals surface area contributed by atoms with Crippen molar-refractivity contribution in [3.63, 3.8) is 0 Å². The zero-order valence-electron chi connectivity index (χ0n) is 12.3. The van der Waals surface area contributed by atoms with E-state index in [2.05, 4.69) is 15.0 Å². The predicted octanol–water partition coefficient (Wildman–Crippen LogP) is 2.91. The number of fused-ring (bicyclic) bond motifs is 1. The molecule has 0 spiro atoms. The number of aryl methyl sites for hydroxylation is 1. The lowest BCUT2D eigenvalue weighted by molar-refractivity contribution is -0.137. The Kier molecular flexibility index (Phi) is 4.27. The molecule has 0 aliphatic rings. The summed E-state index contributed by atoms with van der Waals surface area (Å²) < 4.78 is 50.4. The van der Waals surface area contributed by atoms with E-state index in [1.54, 1.807) is 18.2 Å². The highest BCUT2D eigenvalue weighted by Crippen LogP contribution is 2.31. The molecule has 126 valence electrons. The summed E-state index contributed by atoms with van der Waals surface area (Å²) in [5, 5.41) is 0.147. The van der Waals surface area contributed by atoms with Gasteiger partial charge < -0.3 is 10.7 Å². The number of aromatic nitrogens is 3. The SMILES string of the molecule is Nc1cccc(CCS(=O)c2nc3ccc(C(F)(F)F)cc3[nH]2)n1. The minimum atomic E-state index is -4.43. The van der Waals surface area contributed by atoms with Crippen molar-refractivity contribution < 1.29 is 17.4 Å². The van der Waals surface area contributed by atoms with E-state index in [1.807, 2.05) is 0 Å². The number of pyridine rings is 1. The maximum absolute atomic E-state index is 12.7. The van der Waals surface area contributed by atoms with Crippen LogP contribution in [-0.2, 0) is 23.4 Å². The summed E-state index contributed by atoms with van der Waals surface area (Å²) in [6.45, 7) is 0. The van der Waals surface area contributed by atoms with Gasteiger partial charge in [0.2, 0.25) is 0 Å².